The van der Waals surface area contributed by atoms with Crippen LogP contribution in [0.15, 0.2) is 60.7 Å². The molecule has 4 aromatic rings. The standard InChI is InChI=1S/C27H27N5O2/c1-31(16-18-8-4-2-5-9-18)22(33)17-34-27-24-20-14-12-19(13-15-20)23(24)26-29-28-25(32(26)30-27)21-10-6-3-7-11-21/h2-11,19-20H,12-17H2,1H3. The molecule has 34 heavy (non-hydrogen) atoms. The maximum absolute atomic E-state index is 12.9. The first-order valence-corrected chi connectivity index (χ1v) is 11.9. The van der Waals surface area contributed by atoms with Gasteiger partial charge in [0, 0.05) is 30.3 Å². The van der Waals surface area contributed by atoms with E-state index in [0.29, 0.717) is 30.1 Å². The molecule has 2 bridgehead atoms. The Balaban J connectivity index is 1.34. The Morgan fingerprint density at radius 2 is 1.59 bits per heavy atom. The topological polar surface area (TPSA) is 72.6 Å². The van der Waals surface area contributed by atoms with E-state index >= 15 is 0 Å². The number of nitrogens with zero attached hydrogens (tertiary/aromatic N) is 5. The summed E-state index contributed by atoms with van der Waals surface area (Å²) in [4.78, 5) is 14.6. The van der Waals surface area contributed by atoms with E-state index < -0.39 is 0 Å². The van der Waals surface area contributed by atoms with Crippen LogP contribution in [0.3, 0.4) is 0 Å². The quantitative estimate of drug-likeness (QED) is 0.427. The van der Waals surface area contributed by atoms with Gasteiger partial charge in [-0.15, -0.1) is 15.3 Å². The molecule has 1 saturated carbocycles. The van der Waals surface area contributed by atoms with Gasteiger partial charge in [0.1, 0.15) is 0 Å². The zero-order valence-electron chi connectivity index (χ0n) is 19.2. The predicted octanol–water partition coefficient (Wildman–Crippen LogP) is 4.58. The molecule has 2 heterocycles. The maximum atomic E-state index is 12.9. The van der Waals surface area contributed by atoms with Crippen molar-refractivity contribution in [3.8, 4) is 17.3 Å². The minimum absolute atomic E-state index is 0.0472. The lowest BCUT2D eigenvalue weighted by Gasteiger charge is -2.38. The fraction of sp³-hybridized carbons (Fsp3) is 0.333. The molecule has 0 aliphatic heterocycles. The normalized spacial score (nSPS) is 18.6. The number of hydrogen-bond donors (Lipinski definition) is 0. The smallest absolute Gasteiger partial charge is 0.260 e. The molecule has 0 unspecified atom stereocenters. The molecule has 2 aromatic heterocycles. The van der Waals surface area contributed by atoms with Crippen molar-refractivity contribution in [3.05, 3.63) is 77.4 Å². The first-order valence-electron chi connectivity index (χ1n) is 11.9. The first kappa shape index (κ1) is 20.8. The molecule has 7 rings (SSSR count). The third-order valence-electron chi connectivity index (χ3n) is 7.19. The van der Waals surface area contributed by atoms with Crippen LogP contribution in [0.4, 0.5) is 0 Å². The summed E-state index contributed by atoms with van der Waals surface area (Å²) >= 11 is 0. The zero-order chi connectivity index (χ0) is 23.1. The summed E-state index contributed by atoms with van der Waals surface area (Å²) in [6.07, 6.45) is 4.58. The summed E-state index contributed by atoms with van der Waals surface area (Å²) in [7, 11) is 1.81. The molecule has 0 spiro atoms. The monoisotopic (exact) mass is 453 g/mol. The van der Waals surface area contributed by atoms with E-state index in [1.54, 1.807) is 11.9 Å². The van der Waals surface area contributed by atoms with Crippen molar-refractivity contribution in [1.82, 2.24) is 24.7 Å². The van der Waals surface area contributed by atoms with Crippen molar-refractivity contribution < 1.29 is 9.53 Å². The lowest BCUT2D eigenvalue weighted by atomic mass is 9.67. The number of aromatic nitrogens is 4. The highest BCUT2D eigenvalue weighted by Crippen LogP contribution is 2.53. The summed E-state index contributed by atoms with van der Waals surface area (Å²) in [5, 5.41) is 13.9. The van der Waals surface area contributed by atoms with Gasteiger partial charge in [-0.3, -0.25) is 4.79 Å². The van der Waals surface area contributed by atoms with Gasteiger partial charge in [0.2, 0.25) is 5.88 Å². The average Bonchev–Trinajstić information content (AvgIpc) is 3.33. The highest BCUT2D eigenvalue weighted by atomic mass is 16.5. The molecule has 1 amide bonds. The average molecular weight is 454 g/mol. The number of likely N-dealkylation sites (N-methyl/N-ethyl adjacent to an activating group) is 1. The van der Waals surface area contributed by atoms with E-state index in [0.717, 1.165) is 48.0 Å². The summed E-state index contributed by atoms with van der Waals surface area (Å²) in [5.41, 5.74) is 5.22. The molecule has 2 aromatic carbocycles. The van der Waals surface area contributed by atoms with Gasteiger partial charge in [-0.1, -0.05) is 60.7 Å². The molecule has 0 saturated heterocycles. The van der Waals surface area contributed by atoms with Gasteiger partial charge in [-0.25, -0.2) is 0 Å². The Labute approximate surface area is 198 Å². The van der Waals surface area contributed by atoms with Crippen LogP contribution in [0.5, 0.6) is 5.88 Å². The molecule has 3 aliphatic carbocycles. The van der Waals surface area contributed by atoms with Gasteiger partial charge in [-0.05, 0) is 43.1 Å². The molecular weight excluding hydrogens is 426 g/mol. The van der Waals surface area contributed by atoms with Gasteiger partial charge < -0.3 is 9.64 Å². The Morgan fingerprint density at radius 3 is 2.29 bits per heavy atom. The highest BCUT2D eigenvalue weighted by Gasteiger charge is 2.39. The van der Waals surface area contributed by atoms with Crippen molar-refractivity contribution in [2.75, 3.05) is 13.7 Å². The van der Waals surface area contributed by atoms with Crippen LogP contribution in [0.25, 0.3) is 17.0 Å². The van der Waals surface area contributed by atoms with Crippen LogP contribution in [0.1, 0.15) is 54.2 Å². The second kappa shape index (κ2) is 8.56. The summed E-state index contributed by atoms with van der Waals surface area (Å²) in [5.74, 6) is 2.01. The summed E-state index contributed by atoms with van der Waals surface area (Å²) in [6.45, 7) is 0.496. The highest BCUT2D eigenvalue weighted by molar-refractivity contribution is 5.77. The van der Waals surface area contributed by atoms with Crippen molar-refractivity contribution in [1.29, 1.82) is 0 Å². The second-order valence-corrected chi connectivity index (χ2v) is 9.33. The van der Waals surface area contributed by atoms with E-state index in [1.165, 1.54) is 5.56 Å². The van der Waals surface area contributed by atoms with Crippen molar-refractivity contribution >= 4 is 11.6 Å². The predicted molar refractivity (Wildman–Crippen MR) is 129 cm³/mol. The van der Waals surface area contributed by atoms with Crippen LogP contribution in [-0.2, 0) is 11.3 Å². The second-order valence-electron chi connectivity index (χ2n) is 9.33. The number of rotatable bonds is 6. The van der Waals surface area contributed by atoms with E-state index in [4.69, 9.17) is 9.84 Å². The zero-order valence-corrected chi connectivity index (χ0v) is 19.2. The van der Waals surface area contributed by atoms with Crippen LogP contribution >= 0.6 is 0 Å². The SMILES string of the molecule is CN(Cc1ccccc1)C(=O)COc1nn2c(-c3ccccc3)nnc2c2c1C1CCC2CC1. The number of benzene rings is 2. The van der Waals surface area contributed by atoms with Gasteiger partial charge >= 0.3 is 0 Å². The minimum atomic E-state index is -0.0764. The molecule has 0 atom stereocenters. The molecule has 3 aliphatic rings. The number of fused-ring (bicyclic) bond motifs is 3. The molecule has 0 radical (unpaired) electrons. The van der Waals surface area contributed by atoms with Crippen LogP contribution in [0.2, 0.25) is 0 Å². The first-order chi connectivity index (χ1) is 16.7. The molecule has 7 nitrogen and oxygen atoms in total. The lowest BCUT2D eigenvalue weighted by Crippen LogP contribution is -2.32. The maximum Gasteiger partial charge on any atom is 0.260 e. The van der Waals surface area contributed by atoms with Crippen LogP contribution < -0.4 is 4.74 Å². The molecule has 1 fully saturated rings. The van der Waals surface area contributed by atoms with Crippen molar-refractivity contribution in [2.24, 2.45) is 0 Å². The minimum Gasteiger partial charge on any atom is -0.466 e. The largest absolute Gasteiger partial charge is 0.466 e. The fourth-order valence-corrected chi connectivity index (χ4v) is 5.45. The number of hydrogen-bond acceptors (Lipinski definition) is 5. The van der Waals surface area contributed by atoms with Gasteiger partial charge in [0.05, 0.1) is 0 Å². The van der Waals surface area contributed by atoms with Crippen molar-refractivity contribution in [2.45, 2.75) is 44.1 Å². The van der Waals surface area contributed by atoms with Gasteiger partial charge in [0.25, 0.3) is 5.91 Å². The Hall–Kier alpha value is -3.74. The number of carbonyl (C=O) groups is 1. The van der Waals surface area contributed by atoms with Crippen LogP contribution in [0, 0.1) is 0 Å². The Morgan fingerprint density at radius 1 is 0.941 bits per heavy atom. The van der Waals surface area contributed by atoms with E-state index in [1.807, 2.05) is 65.2 Å². The van der Waals surface area contributed by atoms with E-state index in [9.17, 15) is 4.79 Å². The number of amides is 1. The van der Waals surface area contributed by atoms with Crippen molar-refractivity contribution in [3.63, 3.8) is 0 Å². The third-order valence-corrected chi connectivity index (χ3v) is 7.19. The number of ether oxygens (including phenoxy) is 1. The number of carbonyl (C=O) groups excluding carboxylic acids is 1. The van der Waals surface area contributed by atoms with Crippen LogP contribution in [-0.4, -0.2) is 44.3 Å². The third kappa shape index (κ3) is 3.61. The van der Waals surface area contributed by atoms with Gasteiger partial charge in [-0.2, -0.15) is 4.52 Å². The lowest BCUT2D eigenvalue weighted by molar-refractivity contribution is -0.132. The summed E-state index contributed by atoms with van der Waals surface area (Å²) < 4.78 is 7.98. The summed E-state index contributed by atoms with van der Waals surface area (Å²) in [6, 6.07) is 19.9. The molecule has 172 valence electrons. The Kier molecular flexibility index (Phi) is 5.24. The molecule has 0 N–H and O–H groups in total. The molecule has 7 heteroatoms. The Bertz CT molecular complexity index is 1330. The van der Waals surface area contributed by atoms with E-state index in [2.05, 4.69) is 10.2 Å². The molecular formula is C27H27N5O2. The van der Waals surface area contributed by atoms with Gasteiger partial charge in [0.15, 0.2) is 18.1 Å². The fourth-order valence-electron chi connectivity index (χ4n) is 5.45. The van der Waals surface area contributed by atoms with E-state index in [-0.39, 0.29) is 12.5 Å².